The largest absolute Gasteiger partial charge is 0.445 e. The standard InChI is InChI=1S/C34H35N3O3S2/c38-33(37-32-28-18-9-7-16-26(28)27-17-8-10-19-29(27)32)30(36-34(39)40-24-25-14-4-3-5-15-25)20-6-1-2-13-23-41-42-31-21-11-12-22-35-31/h3-5,7-12,14-19,21-22,30,32H,1-2,6,13,20,23-24H2,(H,36,39)(H,37,38)/t30-/m0/s1. The Hall–Kier alpha value is -3.75. The number of nitrogens with one attached hydrogen (secondary N) is 2. The van der Waals surface area contributed by atoms with Gasteiger partial charge in [0.2, 0.25) is 5.91 Å². The van der Waals surface area contributed by atoms with Gasteiger partial charge in [-0.2, -0.15) is 0 Å². The lowest BCUT2D eigenvalue weighted by Gasteiger charge is -2.22. The molecule has 0 radical (unpaired) electrons. The second kappa shape index (κ2) is 15.5. The molecule has 0 fully saturated rings. The van der Waals surface area contributed by atoms with Gasteiger partial charge in [0.25, 0.3) is 0 Å². The van der Waals surface area contributed by atoms with Crippen molar-refractivity contribution in [1.29, 1.82) is 0 Å². The van der Waals surface area contributed by atoms with Gasteiger partial charge in [-0.15, -0.1) is 0 Å². The van der Waals surface area contributed by atoms with Crippen LogP contribution in [0.5, 0.6) is 0 Å². The van der Waals surface area contributed by atoms with Crippen LogP contribution in [0.2, 0.25) is 0 Å². The molecule has 0 unspecified atom stereocenters. The maximum atomic E-state index is 13.7. The average Bonchev–Trinajstić information content (AvgIpc) is 3.35. The zero-order valence-corrected chi connectivity index (χ0v) is 25.0. The van der Waals surface area contributed by atoms with E-state index >= 15 is 0 Å². The highest BCUT2D eigenvalue weighted by atomic mass is 33.1. The predicted octanol–water partition coefficient (Wildman–Crippen LogP) is 7.95. The first-order chi connectivity index (χ1) is 20.7. The first-order valence-corrected chi connectivity index (χ1v) is 16.7. The Labute approximate surface area is 255 Å². The predicted molar refractivity (Wildman–Crippen MR) is 171 cm³/mol. The average molecular weight is 598 g/mol. The van der Waals surface area contributed by atoms with Gasteiger partial charge in [-0.05, 0) is 63.6 Å². The van der Waals surface area contributed by atoms with Crippen molar-refractivity contribution in [1.82, 2.24) is 15.6 Å². The number of unbranched alkanes of at least 4 members (excludes halogenated alkanes) is 3. The Balaban J connectivity index is 1.15. The third kappa shape index (κ3) is 8.17. The lowest BCUT2D eigenvalue weighted by Crippen LogP contribution is -2.47. The van der Waals surface area contributed by atoms with E-state index in [0.29, 0.717) is 6.42 Å². The summed E-state index contributed by atoms with van der Waals surface area (Å²) in [7, 11) is 3.51. The molecule has 2 amide bonds. The highest BCUT2D eigenvalue weighted by molar-refractivity contribution is 8.76. The van der Waals surface area contributed by atoms with Crippen molar-refractivity contribution in [2.24, 2.45) is 0 Å². The summed E-state index contributed by atoms with van der Waals surface area (Å²) >= 11 is 0. The zero-order chi connectivity index (χ0) is 29.0. The van der Waals surface area contributed by atoms with E-state index in [1.165, 1.54) is 0 Å². The lowest BCUT2D eigenvalue weighted by atomic mass is 10.0. The fourth-order valence-corrected chi connectivity index (χ4v) is 7.12. The second-order valence-electron chi connectivity index (χ2n) is 10.2. The number of hydrogen-bond acceptors (Lipinski definition) is 6. The van der Waals surface area contributed by atoms with E-state index in [9.17, 15) is 9.59 Å². The van der Waals surface area contributed by atoms with Gasteiger partial charge in [0.15, 0.2) is 0 Å². The number of alkyl carbamates (subject to hydrolysis) is 1. The number of carbonyl (C=O) groups is 2. The van der Waals surface area contributed by atoms with E-state index in [1.807, 2.05) is 89.8 Å². The molecule has 1 heterocycles. The summed E-state index contributed by atoms with van der Waals surface area (Å²) in [5.74, 6) is 0.834. The summed E-state index contributed by atoms with van der Waals surface area (Å²) in [5, 5.41) is 7.11. The van der Waals surface area contributed by atoms with Crippen molar-refractivity contribution in [3.05, 3.63) is 120 Å². The first kappa shape index (κ1) is 29.7. The van der Waals surface area contributed by atoms with Gasteiger partial charge in [0.05, 0.1) is 6.04 Å². The highest BCUT2D eigenvalue weighted by Gasteiger charge is 2.31. The molecule has 0 aliphatic heterocycles. The number of nitrogens with zero attached hydrogens (tertiary/aromatic N) is 1. The van der Waals surface area contributed by atoms with Crippen LogP contribution in [0.15, 0.2) is 108 Å². The fourth-order valence-electron chi connectivity index (χ4n) is 5.09. The van der Waals surface area contributed by atoms with Crippen LogP contribution in [0.25, 0.3) is 11.1 Å². The molecule has 216 valence electrons. The number of carbonyl (C=O) groups excluding carboxylic acids is 2. The third-order valence-electron chi connectivity index (χ3n) is 7.19. The number of ether oxygens (including phenoxy) is 1. The topological polar surface area (TPSA) is 80.3 Å². The van der Waals surface area contributed by atoms with E-state index < -0.39 is 12.1 Å². The third-order valence-corrected chi connectivity index (χ3v) is 9.55. The Kier molecular flexibility index (Phi) is 11.0. The van der Waals surface area contributed by atoms with Crippen molar-refractivity contribution >= 4 is 33.6 Å². The fraction of sp³-hybridized carbons (Fsp3) is 0.265. The molecule has 1 aromatic heterocycles. The molecule has 6 nitrogen and oxygen atoms in total. The van der Waals surface area contributed by atoms with Gasteiger partial charge in [0, 0.05) is 11.9 Å². The van der Waals surface area contributed by atoms with E-state index in [4.69, 9.17) is 4.74 Å². The molecule has 0 bridgehead atoms. The molecule has 0 saturated heterocycles. The van der Waals surface area contributed by atoms with Gasteiger partial charge in [-0.1, -0.05) is 115 Å². The molecular weight excluding hydrogens is 563 g/mol. The molecule has 8 heteroatoms. The number of rotatable bonds is 14. The molecule has 1 aliphatic rings. The molecule has 2 N–H and O–H groups in total. The van der Waals surface area contributed by atoms with Crippen molar-refractivity contribution in [3.8, 4) is 11.1 Å². The van der Waals surface area contributed by atoms with Crippen LogP contribution in [0, 0.1) is 0 Å². The minimum atomic E-state index is -0.692. The SMILES string of the molecule is O=C(N[C@@H](CCCCCCSSc1ccccn1)C(=O)NC1c2ccccc2-c2ccccc21)OCc1ccccc1. The van der Waals surface area contributed by atoms with Crippen LogP contribution in [-0.2, 0) is 16.1 Å². The summed E-state index contributed by atoms with van der Waals surface area (Å²) in [6.45, 7) is 0.151. The van der Waals surface area contributed by atoms with Crippen LogP contribution in [0.3, 0.4) is 0 Å². The summed E-state index contributed by atoms with van der Waals surface area (Å²) in [6, 6.07) is 30.8. The van der Waals surface area contributed by atoms with E-state index in [-0.39, 0.29) is 18.6 Å². The van der Waals surface area contributed by atoms with Gasteiger partial charge < -0.3 is 15.4 Å². The molecule has 1 atom stereocenters. The summed E-state index contributed by atoms with van der Waals surface area (Å²) in [5.41, 5.74) is 5.29. The molecular formula is C34H35N3O3S2. The normalized spacial score (nSPS) is 12.7. The molecule has 1 aliphatic carbocycles. The van der Waals surface area contributed by atoms with Crippen molar-refractivity contribution in [3.63, 3.8) is 0 Å². The number of aromatic nitrogens is 1. The molecule has 5 rings (SSSR count). The summed E-state index contributed by atoms with van der Waals surface area (Å²) < 4.78 is 5.46. The van der Waals surface area contributed by atoms with Crippen LogP contribution in [-0.4, -0.2) is 28.8 Å². The molecule has 0 saturated carbocycles. The molecule has 3 aromatic carbocycles. The number of hydrogen-bond donors (Lipinski definition) is 2. The van der Waals surface area contributed by atoms with Crippen LogP contribution in [0.4, 0.5) is 4.79 Å². The van der Waals surface area contributed by atoms with Gasteiger partial charge in [0.1, 0.15) is 17.7 Å². The first-order valence-electron chi connectivity index (χ1n) is 14.4. The van der Waals surface area contributed by atoms with Crippen LogP contribution < -0.4 is 10.6 Å². The molecule has 4 aromatic rings. The van der Waals surface area contributed by atoms with E-state index in [1.54, 1.807) is 10.8 Å². The number of fused-ring (bicyclic) bond motifs is 3. The summed E-state index contributed by atoms with van der Waals surface area (Å²) in [4.78, 5) is 30.8. The maximum Gasteiger partial charge on any atom is 0.408 e. The van der Waals surface area contributed by atoms with Crippen LogP contribution in [0.1, 0.15) is 54.8 Å². The Morgan fingerprint density at radius 3 is 2.17 bits per heavy atom. The lowest BCUT2D eigenvalue weighted by molar-refractivity contribution is -0.123. The quantitative estimate of drug-likeness (QED) is 0.113. The zero-order valence-electron chi connectivity index (χ0n) is 23.4. The monoisotopic (exact) mass is 597 g/mol. The van der Waals surface area contributed by atoms with Crippen molar-refractivity contribution < 1.29 is 14.3 Å². The van der Waals surface area contributed by atoms with Crippen molar-refractivity contribution in [2.75, 3.05) is 5.75 Å². The van der Waals surface area contributed by atoms with Gasteiger partial charge >= 0.3 is 6.09 Å². The molecule has 0 spiro atoms. The van der Waals surface area contributed by atoms with Gasteiger partial charge in [-0.25, -0.2) is 9.78 Å². The minimum absolute atomic E-state index is 0.151. The Morgan fingerprint density at radius 1 is 0.786 bits per heavy atom. The van der Waals surface area contributed by atoms with E-state index in [2.05, 4.69) is 39.9 Å². The van der Waals surface area contributed by atoms with Gasteiger partial charge in [-0.3, -0.25) is 4.79 Å². The minimum Gasteiger partial charge on any atom is -0.445 e. The Morgan fingerprint density at radius 2 is 1.45 bits per heavy atom. The molecule has 42 heavy (non-hydrogen) atoms. The van der Waals surface area contributed by atoms with Crippen molar-refractivity contribution in [2.45, 2.75) is 55.8 Å². The number of benzene rings is 3. The highest BCUT2D eigenvalue weighted by Crippen LogP contribution is 2.43. The Bertz CT molecular complexity index is 1410. The van der Waals surface area contributed by atoms with E-state index in [0.717, 1.165) is 64.3 Å². The number of pyridine rings is 1. The smallest absolute Gasteiger partial charge is 0.408 e. The maximum absolute atomic E-state index is 13.7. The summed E-state index contributed by atoms with van der Waals surface area (Å²) in [6.07, 6.45) is 5.72. The van der Waals surface area contributed by atoms with Crippen LogP contribution >= 0.6 is 21.6 Å². The number of amides is 2. The second-order valence-corrected chi connectivity index (χ2v) is 12.6.